The van der Waals surface area contributed by atoms with Gasteiger partial charge in [-0.3, -0.25) is 19.7 Å². The Labute approximate surface area is 128 Å². The number of Topliss-reactive ketones (excluding diaryl/α,β-unsaturated/α-hetero) is 1. The predicted molar refractivity (Wildman–Crippen MR) is 78.4 cm³/mol. The SMILES string of the molecule is CCOC(=O)[C@@H](C(C)=O)[C@@H](C[N+](=O)[O-])c1ccccc1OC. The molecular formula is C15H19NO6. The van der Waals surface area contributed by atoms with Crippen LogP contribution < -0.4 is 4.74 Å². The van der Waals surface area contributed by atoms with Crippen LogP contribution in [-0.2, 0) is 14.3 Å². The minimum Gasteiger partial charge on any atom is -0.496 e. The zero-order chi connectivity index (χ0) is 16.7. The molecule has 0 bridgehead atoms. The fourth-order valence-electron chi connectivity index (χ4n) is 2.36. The van der Waals surface area contributed by atoms with Crippen LogP contribution in [0.15, 0.2) is 24.3 Å². The molecule has 0 unspecified atom stereocenters. The molecule has 120 valence electrons. The lowest BCUT2D eigenvalue weighted by Gasteiger charge is -2.22. The molecule has 1 aromatic carbocycles. The minimum atomic E-state index is -1.23. The Morgan fingerprint density at radius 1 is 1.32 bits per heavy atom. The summed E-state index contributed by atoms with van der Waals surface area (Å²) in [6.07, 6.45) is 0. The summed E-state index contributed by atoms with van der Waals surface area (Å²) in [6.45, 7) is 2.37. The lowest BCUT2D eigenvalue weighted by atomic mass is 9.83. The van der Waals surface area contributed by atoms with Gasteiger partial charge in [-0.1, -0.05) is 18.2 Å². The van der Waals surface area contributed by atoms with E-state index in [4.69, 9.17) is 9.47 Å². The highest BCUT2D eigenvalue weighted by Gasteiger charge is 2.39. The second-order valence-electron chi connectivity index (χ2n) is 4.70. The standard InChI is InChI=1S/C15H19NO6/c1-4-22-15(18)14(10(2)17)12(9-16(19)20)11-7-5-6-8-13(11)21-3/h5-8,12,14H,4,9H2,1-3H3/t12-,14-/m0/s1. The van der Waals surface area contributed by atoms with Crippen molar-refractivity contribution in [2.24, 2.45) is 5.92 Å². The Bertz CT molecular complexity index is 557. The van der Waals surface area contributed by atoms with Crippen LogP contribution in [0.4, 0.5) is 0 Å². The lowest BCUT2D eigenvalue weighted by molar-refractivity contribution is -0.484. The number of nitro groups is 1. The van der Waals surface area contributed by atoms with Crippen molar-refractivity contribution in [3.63, 3.8) is 0 Å². The zero-order valence-corrected chi connectivity index (χ0v) is 12.8. The Hall–Kier alpha value is -2.44. The molecule has 0 aliphatic rings. The number of benzene rings is 1. The van der Waals surface area contributed by atoms with Gasteiger partial charge in [0, 0.05) is 10.5 Å². The molecule has 22 heavy (non-hydrogen) atoms. The molecule has 0 amide bonds. The fourth-order valence-corrected chi connectivity index (χ4v) is 2.36. The van der Waals surface area contributed by atoms with Crippen molar-refractivity contribution in [1.29, 1.82) is 0 Å². The van der Waals surface area contributed by atoms with Gasteiger partial charge in [-0.05, 0) is 19.9 Å². The lowest BCUT2D eigenvalue weighted by Crippen LogP contribution is -2.34. The molecule has 0 aliphatic carbocycles. The molecule has 0 saturated carbocycles. The molecule has 0 aliphatic heterocycles. The van der Waals surface area contributed by atoms with Crippen LogP contribution in [-0.4, -0.2) is 36.9 Å². The Morgan fingerprint density at radius 3 is 2.45 bits per heavy atom. The van der Waals surface area contributed by atoms with Gasteiger partial charge in [0.25, 0.3) is 0 Å². The van der Waals surface area contributed by atoms with Crippen LogP contribution in [0.1, 0.15) is 25.3 Å². The average Bonchev–Trinajstić information content (AvgIpc) is 2.46. The monoisotopic (exact) mass is 309 g/mol. The number of hydrogen-bond acceptors (Lipinski definition) is 6. The molecular weight excluding hydrogens is 290 g/mol. The van der Waals surface area contributed by atoms with Crippen molar-refractivity contribution in [2.75, 3.05) is 20.3 Å². The molecule has 0 fully saturated rings. The van der Waals surface area contributed by atoms with Gasteiger partial charge in [-0.25, -0.2) is 0 Å². The van der Waals surface area contributed by atoms with E-state index >= 15 is 0 Å². The largest absolute Gasteiger partial charge is 0.496 e. The van der Waals surface area contributed by atoms with Crippen LogP contribution in [0.3, 0.4) is 0 Å². The number of carbonyl (C=O) groups is 2. The highest BCUT2D eigenvalue weighted by Crippen LogP contribution is 2.33. The summed E-state index contributed by atoms with van der Waals surface area (Å²) >= 11 is 0. The maximum atomic E-state index is 12.1. The number of hydrogen-bond donors (Lipinski definition) is 0. The maximum absolute atomic E-state index is 12.1. The Kier molecular flexibility index (Phi) is 6.49. The number of para-hydroxylation sites is 1. The van der Waals surface area contributed by atoms with E-state index in [2.05, 4.69) is 0 Å². The zero-order valence-electron chi connectivity index (χ0n) is 12.8. The van der Waals surface area contributed by atoms with Gasteiger partial charge < -0.3 is 9.47 Å². The first kappa shape index (κ1) is 17.6. The molecule has 1 aromatic rings. The molecule has 7 nitrogen and oxygen atoms in total. The second-order valence-corrected chi connectivity index (χ2v) is 4.70. The number of rotatable bonds is 8. The van der Waals surface area contributed by atoms with Crippen molar-refractivity contribution in [2.45, 2.75) is 19.8 Å². The summed E-state index contributed by atoms with van der Waals surface area (Å²) in [6, 6.07) is 6.62. The topological polar surface area (TPSA) is 95.7 Å². The predicted octanol–water partition coefficient (Wildman–Crippen LogP) is 1.82. The number of ketones is 1. The van der Waals surface area contributed by atoms with Gasteiger partial charge >= 0.3 is 5.97 Å². The second kappa shape index (κ2) is 8.11. The van der Waals surface area contributed by atoms with E-state index in [1.165, 1.54) is 14.0 Å². The molecule has 0 radical (unpaired) electrons. The molecule has 0 heterocycles. The van der Waals surface area contributed by atoms with E-state index in [0.29, 0.717) is 11.3 Å². The van der Waals surface area contributed by atoms with Crippen LogP contribution in [0.2, 0.25) is 0 Å². The molecule has 2 atom stereocenters. The molecule has 7 heteroatoms. The fraction of sp³-hybridized carbons (Fsp3) is 0.467. The summed E-state index contributed by atoms with van der Waals surface area (Å²) in [4.78, 5) is 34.4. The summed E-state index contributed by atoms with van der Waals surface area (Å²) in [7, 11) is 1.43. The van der Waals surface area contributed by atoms with Crippen molar-refractivity contribution < 1.29 is 24.0 Å². The number of ether oxygens (including phenoxy) is 2. The van der Waals surface area contributed by atoms with Gasteiger partial charge in [-0.2, -0.15) is 0 Å². The summed E-state index contributed by atoms with van der Waals surface area (Å²) in [5.74, 6) is -3.02. The van der Waals surface area contributed by atoms with Crippen LogP contribution in [0, 0.1) is 16.0 Å². The van der Waals surface area contributed by atoms with Crippen molar-refractivity contribution in [1.82, 2.24) is 0 Å². The highest BCUT2D eigenvalue weighted by atomic mass is 16.6. The van der Waals surface area contributed by atoms with E-state index in [1.807, 2.05) is 0 Å². The average molecular weight is 309 g/mol. The molecule has 1 rings (SSSR count). The van der Waals surface area contributed by atoms with E-state index in [0.717, 1.165) is 0 Å². The first-order valence-electron chi connectivity index (χ1n) is 6.84. The van der Waals surface area contributed by atoms with Crippen LogP contribution in [0.25, 0.3) is 0 Å². The minimum absolute atomic E-state index is 0.0969. The maximum Gasteiger partial charge on any atom is 0.317 e. The summed E-state index contributed by atoms with van der Waals surface area (Å²) in [5.41, 5.74) is 0.440. The molecule has 0 spiro atoms. The van der Waals surface area contributed by atoms with Gasteiger partial charge in [0.15, 0.2) is 0 Å². The number of carbonyl (C=O) groups excluding carboxylic acids is 2. The van der Waals surface area contributed by atoms with E-state index in [-0.39, 0.29) is 6.61 Å². The third-order valence-corrected chi connectivity index (χ3v) is 3.27. The van der Waals surface area contributed by atoms with Gasteiger partial charge in [0.1, 0.15) is 17.5 Å². The number of nitrogens with zero attached hydrogens (tertiary/aromatic N) is 1. The van der Waals surface area contributed by atoms with Crippen LogP contribution in [0.5, 0.6) is 5.75 Å². The van der Waals surface area contributed by atoms with E-state index in [9.17, 15) is 19.7 Å². The Balaban J connectivity index is 3.33. The van der Waals surface area contributed by atoms with Gasteiger partial charge in [0.05, 0.1) is 19.6 Å². The van der Waals surface area contributed by atoms with E-state index in [1.54, 1.807) is 31.2 Å². The van der Waals surface area contributed by atoms with Crippen molar-refractivity contribution in [3.8, 4) is 5.75 Å². The number of esters is 1. The third-order valence-electron chi connectivity index (χ3n) is 3.27. The summed E-state index contributed by atoms with van der Waals surface area (Å²) < 4.78 is 10.1. The van der Waals surface area contributed by atoms with Gasteiger partial charge in [-0.15, -0.1) is 0 Å². The quantitative estimate of drug-likeness (QED) is 0.314. The van der Waals surface area contributed by atoms with Crippen molar-refractivity contribution >= 4 is 11.8 Å². The van der Waals surface area contributed by atoms with Gasteiger partial charge in [0.2, 0.25) is 6.54 Å². The van der Waals surface area contributed by atoms with Crippen LogP contribution >= 0.6 is 0 Å². The van der Waals surface area contributed by atoms with E-state index < -0.39 is 35.1 Å². The first-order valence-corrected chi connectivity index (χ1v) is 6.84. The molecule has 0 N–H and O–H groups in total. The first-order chi connectivity index (χ1) is 10.4. The smallest absolute Gasteiger partial charge is 0.317 e. The number of methoxy groups -OCH3 is 1. The molecule has 0 saturated heterocycles. The normalized spacial score (nSPS) is 13.0. The highest BCUT2D eigenvalue weighted by molar-refractivity contribution is 5.99. The van der Waals surface area contributed by atoms with Crippen molar-refractivity contribution in [3.05, 3.63) is 39.9 Å². The third kappa shape index (κ3) is 4.28. The molecule has 0 aromatic heterocycles. The Morgan fingerprint density at radius 2 is 1.95 bits per heavy atom. The summed E-state index contributed by atoms with van der Waals surface area (Å²) in [5, 5.41) is 11.0.